The molecule has 4 N–H and O–H groups in total. The summed E-state index contributed by atoms with van der Waals surface area (Å²) in [5.74, 6) is -1.28. The first-order valence-electron chi connectivity index (χ1n) is 11.6. The molecule has 7 nitrogen and oxygen atoms in total. The van der Waals surface area contributed by atoms with Gasteiger partial charge in [0.05, 0.1) is 12.5 Å². The summed E-state index contributed by atoms with van der Waals surface area (Å²) in [6.07, 6.45) is 4.86. The number of hydrogen-bond donors (Lipinski definition) is 4. The van der Waals surface area contributed by atoms with Crippen LogP contribution in [0.5, 0.6) is 0 Å². The Bertz CT molecular complexity index is 855. The van der Waals surface area contributed by atoms with Crippen LogP contribution >= 0.6 is 11.8 Å². The van der Waals surface area contributed by atoms with Gasteiger partial charge in [0.15, 0.2) is 11.2 Å². The maximum atomic E-state index is 13.2. The maximum absolute atomic E-state index is 13.2. The topological polar surface area (TPSA) is 132 Å². The number of rotatable bonds is 6. The van der Waals surface area contributed by atoms with Crippen molar-refractivity contribution in [2.75, 3.05) is 5.75 Å². The third kappa shape index (κ3) is 3.49. The Morgan fingerprint density at radius 3 is 2.62 bits per heavy atom. The van der Waals surface area contributed by atoms with Gasteiger partial charge in [0, 0.05) is 17.6 Å². The summed E-state index contributed by atoms with van der Waals surface area (Å²) in [5.41, 5.74) is -3.21. The standard InChI is InChI=1S/C24H34O7S/c1-22-8-5-14(25)11-13(22)3-4-15-16-6-9-24(31,23(16,2)12-17(26)19(15)22)20(29)21(30)32-10-7-18(27)28/h11,15-17,19,21,26,30-31H,3-10,12H2,1-2H3,(H,27,28)/t15?,16?,17-,19?,21?,22-,23-,24-/m0/s1. The highest BCUT2D eigenvalue weighted by atomic mass is 32.2. The van der Waals surface area contributed by atoms with E-state index in [9.17, 15) is 29.7 Å². The lowest BCUT2D eigenvalue weighted by Gasteiger charge is -2.60. The molecule has 3 saturated carbocycles. The average molecular weight is 467 g/mol. The molecule has 0 aromatic rings. The van der Waals surface area contributed by atoms with Crippen LogP contribution in [0.3, 0.4) is 0 Å². The minimum Gasteiger partial charge on any atom is -0.481 e. The third-order valence-corrected chi connectivity index (χ3v) is 10.2. The molecule has 178 valence electrons. The van der Waals surface area contributed by atoms with Crippen molar-refractivity contribution in [3.05, 3.63) is 11.6 Å². The van der Waals surface area contributed by atoms with Crippen molar-refractivity contribution < 1.29 is 34.8 Å². The normalized spacial score (nSPS) is 44.2. The van der Waals surface area contributed by atoms with E-state index in [4.69, 9.17) is 5.11 Å². The molecule has 4 aliphatic carbocycles. The van der Waals surface area contributed by atoms with E-state index in [1.54, 1.807) is 6.08 Å². The molecular formula is C24H34O7S. The predicted molar refractivity (Wildman–Crippen MR) is 119 cm³/mol. The number of carbonyl (C=O) groups excluding carboxylic acids is 2. The fourth-order valence-electron chi connectivity index (χ4n) is 7.63. The van der Waals surface area contributed by atoms with Crippen LogP contribution in [0.2, 0.25) is 0 Å². The van der Waals surface area contributed by atoms with Gasteiger partial charge in [-0.1, -0.05) is 19.4 Å². The van der Waals surface area contributed by atoms with Gasteiger partial charge in [-0.15, -0.1) is 11.8 Å². The van der Waals surface area contributed by atoms with Gasteiger partial charge in [0.2, 0.25) is 5.78 Å². The van der Waals surface area contributed by atoms with Gasteiger partial charge >= 0.3 is 5.97 Å². The number of aliphatic hydroxyl groups excluding tert-OH is 2. The zero-order valence-electron chi connectivity index (χ0n) is 18.7. The van der Waals surface area contributed by atoms with Gasteiger partial charge in [0.1, 0.15) is 5.60 Å². The van der Waals surface area contributed by atoms with Crippen LogP contribution in [0.4, 0.5) is 0 Å². The van der Waals surface area contributed by atoms with Crippen LogP contribution in [0, 0.1) is 28.6 Å². The predicted octanol–water partition coefficient (Wildman–Crippen LogP) is 2.32. The van der Waals surface area contributed by atoms with Crippen LogP contribution in [0.25, 0.3) is 0 Å². The highest BCUT2D eigenvalue weighted by molar-refractivity contribution is 8.00. The Labute approximate surface area is 192 Å². The van der Waals surface area contributed by atoms with Crippen molar-refractivity contribution in [1.82, 2.24) is 0 Å². The summed E-state index contributed by atoms with van der Waals surface area (Å²) < 4.78 is 0. The van der Waals surface area contributed by atoms with Crippen molar-refractivity contribution in [2.45, 2.75) is 82.4 Å². The summed E-state index contributed by atoms with van der Waals surface area (Å²) in [5, 5.41) is 42.2. The van der Waals surface area contributed by atoms with Crippen LogP contribution in [-0.2, 0) is 14.4 Å². The number of carboxylic acid groups (broad SMARTS) is 1. The lowest BCUT2D eigenvalue weighted by atomic mass is 9.45. The summed E-state index contributed by atoms with van der Waals surface area (Å²) in [6.45, 7) is 4.03. The molecule has 0 aromatic heterocycles. The molecule has 4 unspecified atom stereocenters. The Kier molecular flexibility index (Phi) is 6.14. The zero-order valence-corrected chi connectivity index (χ0v) is 19.6. The molecule has 0 bridgehead atoms. The zero-order chi connectivity index (χ0) is 23.5. The number of aliphatic carboxylic acids is 1. The van der Waals surface area contributed by atoms with Crippen molar-refractivity contribution in [1.29, 1.82) is 0 Å². The molecule has 32 heavy (non-hydrogen) atoms. The van der Waals surface area contributed by atoms with Crippen molar-refractivity contribution in [3.63, 3.8) is 0 Å². The van der Waals surface area contributed by atoms with Crippen LogP contribution in [-0.4, -0.2) is 60.9 Å². The Morgan fingerprint density at radius 1 is 1.22 bits per heavy atom. The summed E-state index contributed by atoms with van der Waals surface area (Å²) in [6, 6.07) is 0. The van der Waals surface area contributed by atoms with Crippen molar-refractivity contribution in [2.24, 2.45) is 28.6 Å². The minimum atomic E-state index is -1.75. The van der Waals surface area contributed by atoms with Gasteiger partial charge < -0.3 is 20.4 Å². The molecule has 0 aliphatic heterocycles. The molecule has 8 atom stereocenters. The molecule has 0 spiro atoms. The molecule has 8 heteroatoms. The minimum absolute atomic E-state index is 0.0130. The second-order valence-electron chi connectivity index (χ2n) is 10.7. The van der Waals surface area contributed by atoms with Crippen molar-refractivity contribution >= 4 is 29.3 Å². The first-order chi connectivity index (χ1) is 14.9. The molecular weight excluding hydrogens is 432 g/mol. The number of ketones is 2. The summed E-state index contributed by atoms with van der Waals surface area (Å²) in [7, 11) is 0. The van der Waals surface area contributed by atoms with Crippen LogP contribution in [0.1, 0.15) is 65.2 Å². The molecule has 4 aliphatic rings. The molecule has 0 radical (unpaired) electrons. The van der Waals surface area contributed by atoms with Gasteiger partial charge in [-0.2, -0.15) is 0 Å². The second-order valence-corrected chi connectivity index (χ2v) is 11.9. The van der Waals surface area contributed by atoms with Gasteiger partial charge in [-0.05, 0) is 67.8 Å². The number of allylic oxidation sites excluding steroid dienone is 1. The lowest BCUT2D eigenvalue weighted by Crippen LogP contribution is -2.62. The van der Waals surface area contributed by atoms with E-state index in [0.717, 1.165) is 36.6 Å². The fraction of sp³-hybridized carbons (Fsp3) is 0.792. The van der Waals surface area contributed by atoms with Crippen LogP contribution in [0.15, 0.2) is 11.6 Å². The van der Waals surface area contributed by atoms with E-state index in [-0.39, 0.29) is 54.0 Å². The van der Waals surface area contributed by atoms with Gasteiger partial charge in [-0.25, -0.2) is 0 Å². The number of fused-ring (bicyclic) bond motifs is 5. The Morgan fingerprint density at radius 2 is 1.94 bits per heavy atom. The van der Waals surface area contributed by atoms with E-state index in [2.05, 4.69) is 6.92 Å². The Balaban J connectivity index is 1.59. The Hall–Kier alpha value is -1.22. The monoisotopic (exact) mass is 466 g/mol. The highest BCUT2D eigenvalue weighted by Crippen LogP contribution is 2.67. The largest absolute Gasteiger partial charge is 0.481 e. The molecule has 3 fully saturated rings. The van der Waals surface area contributed by atoms with Gasteiger partial charge in [0.25, 0.3) is 0 Å². The second kappa shape index (κ2) is 8.22. The van der Waals surface area contributed by atoms with E-state index >= 15 is 0 Å². The SMILES string of the molecule is C[C@]12CCC(=O)C=C1CCC1C2[C@@H](O)C[C@@]2(C)C1CC[C@]2(O)C(=O)C(O)SCCC(=O)O. The number of carboxylic acids is 1. The summed E-state index contributed by atoms with van der Waals surface area (Å²) >= 11 is 0.838. The molecule has 0 saturated heterocycles. The van der Waals surface area contributed by atoms with E-state index in [1.807, 2.05) is 6.92 Å². The fourth-order valence-corrected chi connectivity index (χ4v) is 8.50. The molecule has 0 amide bonds. The smallest absolute Gasteiger partial charge is 0.304 e. The number of thioether (sulfide) groups is 1. The summed E-state index contributed by atoms with van der Waals surface area (Å²) in [4.78, 5) is 35.9. The first-order valence-corrected chi connectivity index (χ1v) is 12.7. The number of aliphatic hydroxyl groups is 3. The molecule has 0 heterocycles. The number of hydrogen-bond acceptors (Lipinski definition) is 7. The van der Waals surface area contributed by atoms with E-state index < -0.39 is 34.3 Å². The molecule has 0 aromatic carbocycles. The van der Waals surface area contributed by atoms with Crippen molar-refractivity contribution in [3.8, 4) is 0 Å². The van der Waals surface area contributed by atoms with Gasteiger partial charge in [-0.3, -0.25) is 14.4 Å². The van der Waals surface area contributed by atoms with Crippen LogP contribution < -0.4 is 0 Å². The first kappa shape index (κ1) is 23.9. The quantitative estimate of drug-likeness (QED) is 0.439. The average Bonchev–Trinajstić information content (AvgIpc) is 2.98. The number of Topliss-reactive ketones (excluding diaryl/α,β-unsaturated/α-hetero) is 1. The number of carbonyl (C=O) groups is 3. The lowest BCUT2D eigenvalue weighted by molar-refractivity contribution is -0.183. The van der Waals surface area contributed by atoms with E-state index in [0.29, 0.717) is 12.8 Å². The third-order valence-electron chi connectivity index (χ3n) is 9.27. The molecule has 4 rings (SSSR count). The maximum Gasteiger partial charge on any atom is 0.304 e. The van der Waals surface area contributed by atoms with E-state index in [1.165, 1.54) is 0 Å². The highest BCUT2D eigenvalue weighted by Gasteiger charge is 2.68.